The van der Waals surface area contributed by atoms with Gasteiger partial charge >= 0.3 is 0 Å². The summed E-state index contributed by atoms with van der Waals surface area (Å²) >= 11 is 7.05. The van der Waals surface area contributed by atoms with Gasteiger partial charge in [-0.3, -0.25) is 9.52 Å². The van der Waals surface area contributed by atoms with Crippen molar-refractivity contribution in [1.29, 1.82) is 0 Å². The fourth-order valence-electron chi connectivity index (χ4n) is 2.27. The number of aryl methyl sites for hydroxylation is 1. The Balaban J connectivity index is 1.72. The lowest BCUT2D eigenvalue weighted by molar-refractivity contribution is 0.102. The molecular formula is C18H15ClN2O3S2. The molecule has 3 rings (SSSR count). The summed E-state index contributed by atoms with van der Waals surface area (Å²) in [5, 5.41) is 5.10. The number of benzene rings is 2. The SMILES string of the molecule is Cc1cc(Cl)ccc1NC(=O)c1ccc(NS(=O)(=O)c2cccs2)cc1. The Morgan fingerprint density at radius 3 is 2.42 bits per heavy atom. The van der Waals surface area contributed by atoms with E-state index in [2.05, 4.69) is 10.0 Å². The molecule has 0 aliphatic heterocycles. The molecule has 8 heteroatoms. The second-order valence-corrected chi connectivity index (χ2v) is 8.82. The Morgan fingerprint density at radius 2 is 1.81 bits per heavy atom. The van der Waals surface area contributed by atoms with E-state index < -0.39 is 10.0 Å². The maximum atomic E-state index is 12.4. The van der Waals surface area contributed by atoms with Crippen LogP contribution in [0.5, 0.6) is 0 Å². The lowest BCUT2D eigenvalue weighted by Gasteiger charge is -2.10. The number of thiophene rings is 1. The highest BCUT2D eigenvalue weighted by molar-refractivity contribution is 7.94. The predicted molar refractivity (Wildman–Crippen MR) is 106 cm³/mol. The quantitative estimate of drug-likeness (QED) is 0.641. The molecule has 0 bridgehead atoms. The van der Waals surface area contributed by atoms with Crippen LogP contribution >= 0.6 is 22.9 Å². The van der Waals surface area contributed by atoms with Gasteiger partial charge in [0.1, 0.15) is 4.21 Å². The van der Waals surface area contributed by atoms with E-state index in [1.54, 1.807) is 53.9 Å². The number of hydrogen-bond donors (Lipinski definition) is 2. The predicted octanol–water partition coefficient (Wildman–Crippen LogP) is 4.76. The molecule has 26 heavy (non-hydrogen) atoms. The third-order valence-electron chi connectivity index (χ3n) is 3.60. The summed E-state index contributed by atoms with van der Waals surface area (Å²) in [7, 11) is -3.61. The van der Waals surface area contributed by atoms with Gasteiger partial charge in [-0.15, -0.1) is 11.3 Å². The molecular weight excluding hydrogens is 392 g/mol. The zero-order chi connectivity index (χ0) is 18.7. The molecule has 0 fully saturated rings. The van der Waals surface area contributed by atoms with E-state index in [1.807, 2.05) is 6.92 Å². The molecule has 1 heterocycles. The number of rotatable bonds is 5. The molecule has 5 nitrogen and oxygen atoms in total. The summed E-state index contributed by atoms with van der Waals surface area (Å²) < 4.78 is 27.1. The number of sulfonamides is 1. The van der Waals surface area contributed by atoms with Gasteiger partial charge in [0, 0.05) is 22.0 Å². The monoisotopic (exact) mass is 406 g/mol. The van der Waals surface area contributed by atoms with Crippen molar-refractivity contribution < 1.29 is 13.2 Å². The summed E-state index contributed by atoms with van der Waals surface area (Å²) in [4.78, 5) is 12.4. The number of anilines is 2. The molecule has 0 aliphatic rings. The van der Waals surface area contributed by atoms with Gasteiger partial charge in [0.25, 0.3) is 15.9 Å². The van der Waals surface area contributed by atoms with E-state index in [0.29, 0.717) is 22.0 Å². The normalized spacial score (nSPS) is 11.2. The van der Waals surface area contributed by atoms with Gasteiger partial charge in [0.2, 0.25) is 0 Å². The van der Waals surface area contributed by atoms with E-state index in [1.165, 1.54) is 6.07 Å². The third-order valence-corrected chi connectivity index (χ3v) is 6.61. The van der Waals surface area contributed by atoms with E-state index in [-0.39, 0.29) is 10.1 Å². The summed E-state index contributed by atoms with van der Waals surface area (Å²) in [6.45, 7) is 1.85. The topological polar surface area (TPSA) is 75.3 Å². The summed E-state index contributed by atoms with van der Waals surface area (Å²) in [5.41, 5.74) is 2.32. The summed E-state index contributed by atoms with van der Waals surface area (Å²) in [5.74, 6) is -0.289. The molecule has 1 aromatic heterocycles. The number of amides is 1. The van der Waals surface area contributed by atoms with Crippen LogP contribution in [0.3, 0.4) is 0 Å². The van der Waals surface area contributed by atoms with E-state index >= 15 is 0 Å². The maximum absolute atomic E-state index is 12.4. The highest BCUT2D eigenvalue weighted by atomic mass is 35.5. The van der Waals surface area contributed by atoms with Crippen LogP contribution in [0.2, 0.25) is 5.02 Å². The van der Waals surface area contributed by atoms with Crippen LogP contribution in [0.25, 0.3) is 0 Å². The second kappa shape index (κ2) is 7.49. The van der Waals surface area contributed by atoms with Crippen molar-refractivity contribution in [2.24, 2.45) is 0 Å². The molecule has 2 aromatic carbocycles. The van der Waals surface area contributed by atoms with Gasteiger partial charge in [-0.1, -0.05) is 17.7 Å². The van der Waals surface area contributed by atoms with Crippen molar-refractivity contribution in [2.75, 3.05) is 10.0 Å². The minimum absolute atomic E-state index is 0.234. The minimum atomic E-state index is -3.61. The smallest absolute Gasteiger partial charge is 0.271 e. The van der Waals surface area contributed by atoms with Crippen LogP contribution in [-0.2, 0) is 10.0 Å². The Bertz CT molecular complexity index is 1030. The van der Waals surface area contributed by atoms with Gasteiger partial charge < -0.3 is 5.32 Å². The van der Waals surface area contributed by atoms with Gasteiger partial charge in [-0.2, -0.15) is 0 Å². The standard InChI is InChI=1S/C18H15ClN2O3S2/c1-12-11-14(19)6-9-16(12)20-18(22)13-4-7-15(8-5-13)21-26(23,24)17-3-2-10-25-17/h2-11,21H,1H3,(H,20,22). The first-order valence-corrected chi connectivity index (χ1v) is 10.3. The van der Waals surface area contributed by atoms with Gasteiger partial charge in [0.05, 0.1) is 0 Å². The number of hydrogen-bond acceptors (Lipinski definition) is 4. The molecule has 134 valence electrons. The first-order chi connectivity index (χ1) is 12.3. The number of halogens is 1. The summed E-state index contributed by atoms with van der Waals surface area (Å²) in [6.07, 6.45) is 0. The Kier molecular flexibility index (Phi) is 5.31. The number of nitrogens with one attached hydrogen (secondary N) is 2. The number of carbonyl (C=O) groups is 1. The van der Waals surface area contributed by atoms with Crippen LogP contribution in [0.1, 0.15) is 15.9 Å². The van der Waals surface area contributed by atoms with Gasteiger partial charge in [-0.05, 0) is 66.4 Å². The lowest BCUT2D eigenvalue weighted by atomic mass is 10.1. The zero-order valence-electron chi connectivity index (χ0n) is 13.7. The average Bonchev–Trinajstić information content (AvgIpc) is 3.13. The maximum Gasteiger partial charge on any atom is 0.271 e. The molecule has 0 unspecified atom stereocenters. The fraction of sp³-hybridized carbons (Fsp3) is 0.0556. The molecule has 0 saturated carbocycles. The van der Waals surface area contributed by atoms with Crippen LogP contribution in [0, 0.1) is 6.92 Å². The van der Waals surface area contributed by atoms with Crippen molar-refractivity contribution in [3.8, 4) is 0 Å². The first kappa shape index (κ1) is 18.4. The van der Waals surface area contributed by atoms with Crippen LogP contribution in [-0.4, -0.2) is 14.3 Å². The van der Waals surface area contributed by atoms with Crippen LogP contribution in [0.15, 0.2) is 64.2 Å². The first-order valence-electron chi connectivity index (χ1n) is 7.59. The van der Waals surface area contributed by atoms with E-state index in [9.17, 15) is 13.2 Å². The summed E-state index contributed by atoms with van der Waals surface area (Å²) in [6, 6.07) is 14.6. The molecule has 0 radical (unpaired) electrons. The zero-order valence-corrected chi connectivity index (χ0v) is 16.1. The molecule has 0 saturated heterocycles. The Hall–Kier alpha value is -2.35. The largest absolute Gasteiger partial charge is 0.322 e. The third kappa shape index (κ3) is 4.24. The van der Waals surface area contributed by atoms with Crippen molar-refractivity contribution in [3.05, 3.63) is 76.1 Å². The minimum Gasteiger partial charge on any atom is -0.322 e. The van der Waals surface area contributed by atoms with Crippen molar-refractivity contribution in [1.82, 2.24) is 0 Å². The molecule has 1 amide bonds. The fourth-order valence-corrected chi connectivity index (χ4v) is 4.55. The average molecular weight is 407 g/mol. The highest BCUT2D eigenvalue weighted by Gasteiger charge is 2.15. The van der Waals surface area contributed by atoms with Crippen LogP contribution < -0.4 is 10.0 Å². The molecule has 0 aliphatic carbocycles. The lowest BCUT2D eigenvalue weighted by Crippen LogP contribution is -2.14. The molecule has 3 aromatic rings. The van der Waals surface area contributed by atoms with Gasteiger partial charge in [0.15, 0.2) is 0 Å². The van der Waals surface area contributed by atoms with Crippen molar-refractivity contribution in [2.45, 2.75) is 11.1 Å². The molecule has 0 atom stereocenters. The van der Waals surface area contributed by atoms with E-state index in [4.69, 9.17) is 11.6 Å². The van der Waals surface area contributed by atoms with E-state index in [0.717, 1.165) is 16.9 Å². The Labute approximate surface area is 160 Å². The molecule has 2 N–H and O–H groups in total. The highest BCUT2D eigenvalue weighted by Crippen LogP contribution is 2.22. The molecule has 0 spiro atoms. The van der Waals surface area contributed by atoms with Crippen LogP contribution in [0.4, 0.5) is 11.4 Å². The van der Waals surface area contributed by atoms with Gasteiger partial charge in [-0.25, -0.2) is 8.42 Å². The van der Waals surface area contributed by atoms with Crippen molar-refractivity contribution >= 4 is 50.2 Å². The van der Waals surface area contributed by atoms with Crippen molar-refractivity contribution in [3.63, 3.8) is 0 Å². The Morgan fingerprint density at radius 1 is 1.08 bits per heavy atom. The number of carbonyl (C=O) groups excluding carboxylic acids is 1. The second-order valence-electron chi connectivity index (χ2n) is 5.53.